The van der Waals surface area contributed by atoms with Crippen molar-refractivity contribution >= 4 is 28.9 Å². The van der Waals surface area contributed by atoms with E-state index >= 15 is 0 Å². The molecular formula is C5H4BBrNO. The van der Waals surface area contributed by atoms with Gasteiger partial charge in [-0.3, -0.25) is 4.98 Å². The summed E-state index contributed by atoms with van der Waals surface area (Å²) in [6, 6.07) is 1.77. The van der Waals surface area contributed by atoms with E-state index in [-0.39, 0.29) is 0 Å². The number of nitrogens with zero attached hydrogens (tertiary/aromatic N) is 1. The molecule has 0 unspecified atom stereocenters. The number of aromatic nitrogens is 1. The zero-order valence-corrected chi connectivity index (χ0v) is 6.17. The lowest BCUT2D eigenvalue weighted by atomic mass is 9.91. The summed E-state index contributed by atoms with van der Waals surface area (Å²) < 4.78 is 0.866. The average molecular weight is 185 g/mol. The van der Waals surface area contributed by atoms with Crippen LogP contribution in [-0.4, -0.2) is 17.5 Å². The van der Waals surface area contributed by atoms with Gasteiger partial charge < -0.3 is 5.02 Å². The van der Waals surface area contributed by atoms with Crippen LogP contribution < -0.4 is 5.46 Å². The SMILES string of the molecule is O[B]c1cncc(Br)c1. The first-order valence-corrected chi connectivity index (χ1v) is 3.20. The van der Waals surface area contributed by atoms with Crippen LogP contribution in [0.5, 0.6) is 0 Å². The molecule has 0 spiro atoms. The van der Waals surface area contributed by atoms with E-state index in [1.165, 1.54) is 0 Å². The molecule has 0 fully saturated rings. The first-order chi connectivity index (χ1) is 4.33. The van der Waals surface area contributed by atoms with E-state index in [0.29, 0.717) is 5.46 Å². The number of rotatable bonds is 1. The third kappa shape index (κ3) is 1.80. The predicted molar refractivity (Wildman–Crippen MR) is 39.5 cm³/mol. The Hall–Kier alpha value is -0.345. The number of hydrogen-bond donors (Lipinski definition) is 1. The van der Waals surface area contributed by atoms with E-state index in [0.717, 1.165) is 12.0 Å². The molecule has 0 aliphatic carbocycles. The predicted octanol–water partition coefficient (Wildman–Crippen LogP) is 0.0809. The van der Waals surface area contributed by atoms with E-state index in [4.69, 9.17) is 5.02 Å². The molecule has 1 N–H and O–H groups in total. The Labute approximate surface area is 62.3 Å². The van der Waals surface area contributed by atoms with Crippen molar-refractivity contribution in [2.75, 3.05) is 0 Å². The minimum absolute atomic E-state index is 0.698. The quantitative estimate of drug-likeness (QED) is 0.628. The van der Waals surface area contributed by atoms with Crippen molar-refractivity contribution in [3.05, 3.63) is 22.9 Å². The molecule has 0 saturated carbocycles. The fraction of sp³-hybridized carbons (Fsp3) is 0. The molecule has 1 rings (SSSR count). The molecule has 1 aromatic rings. The topological polar surface area (TPSA) is 33.1 Å². The van der Waals surface area contributed by atoms with E-state index in [9.17, 15) is 0 Å². The summed E-state index contributed by atoms with van der Waals surface area (Å²) in [6.45, 7) is 0. The van der Waals surface area contributed by atoms with Gasteiger partial charge in [0.1, 0.15) is 0 Å². The first kappa shape index (κ1) is 6.77. The van der Waals surface area contributed by atoms with Gasteiger partial charge in [-0.25, -0.2) is 0 Å². The van der Waals surface area contributed by atoms with Crippen LogP contribution in [0.3, 0.4) is 0 Å². The van der Waals surface area contributed by atoms with Crippen LogP contribution in [0.15, 0.2) is 22.9 Å². The van der Waals surface area contributed by atoms with E-state index in [1.54, 1.807) is 18.5 Å². The van der Waals surface area contributed by atoms with Crippen molar-refractivity contribution < 1.29 is 5.02 Å². The smallest absolute Gasteiger partial charge is 0.328 e. The summed E-state index contributed by atoms with van der Waals surface area (Å²) in [5.41, 5.74) is 0.698. The summed E-state index contributed by atoms with van der Waals surface area (Å²) in [6.07, 6.45) is 3.23. The fourth-order valence-corrected chi connectivity index (χ4v) is 0.881. The van der Waals surface area contributed by atoms with E-state index in [2.05, 4.69) is 20.9 Å². The summed E-state index contributed by atoms with van der Waals surface area (Å²) >= 11 is 3.21. The van der Waals surface area contributed by atoms with Crippen molar-refractivity contribution in [3.63, 3.8) is 0 Å². The van der Waals surface area contributed by atoms with Crippen LogP contribution >= 0.6 is 15.9 Å². The zero-order valence-electron chi connectivity index (χ0n) is 4.58. The molecule has 0 aromatic carbocycles. The van der Waals surface area contributed by atoms with Gasteiger partial charge >= 0.3 is 7.48 Å². The highest BCUT2D eigenvalue weighted by molar-refractivity contribution is 9.10. The van der Waals surface area contributed by atoms with Gasteiger partial charge in [0.25, 0.3) is 0 Å². The van der Waals surface area contributed by atoms with Gasteiger partial charge in [-0.15, -0.1) is 0 Å². The highest BCUT2D eigenvalue weighted by Crippen LogP contribution is 2.01. The monoisotopic (exact) mass is 184 g/mol. The molecule has 0 bridgehead atoms. The molecule has 0 atom stereocenters. The first-order valence-electron chi connectivity index (χ1n) is 2.41. The molecule has 0 aliphatic heterocycles. The minimum atomic E-state index is 0.698. The second kappa shape index (κ2) is 2.99. The van der Waals surface area contributed by atoms with Gasteiger partial charge in [-0.05, 0) is 27.5 Å². The van der Waals surface area contributed by atoms with Crippen LogP contribution in [0.1, 0.15) is 0 Å². The summed E-state index contributed by atoms with van der Waals surface area (Å²) in [5, 5.41) is 8.48. The molecule has 45 valence electrons. The van der Waals surface area contributed by atoms with Crippen LogP contribution in [0.2, 0.25) is 0 Å². The molecule has 0 amide bonds. The van der Waals surface area contributed by atoms with Gasteiger partial charge in [-0.1, -0.05) is 0 Å². The largest absolute Gasteiger partial charge is 0.450 e. The number of pyridine rings is 1. The highest BCUT2D eigenvalue weighted by atomic mass is 79.9. The third-order valence-corrected chi connectivity index (χ3v) is 1.31. The molecular weight excluding hydrogens is 181 g/mol. The maximum atomic E-state index is 8.48. The van der Waals surface area contributed by atoms with Crippen molar-refractivity contribution in [2.45, 2.75) is 0 Å². The Morgan fingerprint density at radius 2 is 2.33 bits per heavy atom. The summed E-state index contributed by atoms with van der Waals surface area (Å²) in [7, 11) is 1.01. The highest BCUT2D eigenvalue weighted by Gasteiger charge is 1.92. The number of halogens is 1. The Morgan fingerprint density at radius 1 is 1.56 bits per heavy atom. The van der Waals surface area contributed by atoms with Crippen LogP contribution in [0.25, 0.3) is 0 Å². The maximum Gasteiger partial charge on any atom is 0.328 e. The van der Waals surface area contributed by atoms with Crippen molar-refractivity contribution in [1.29, 1.82) is 0 Å². The number of hydrogen-bond acceptors (Lipinski definition) is 2. The second-order valence-corrected chi connectivity index (χ2v) is 2.48. The lowest BCUT2D eigenvalue weighted by Gasteiger charge is -1.91. The maximum absolute atomic E-state index is 8.48. The molecule has 9 heavy (non-hydrogen) atoms. The Kier molecular flexibility index (Phi) is 2.25. The van der Waals surface area contributed by atoms with Gasteiger partial charge in [0.2, 0.25) is 0 Å². The van der Waals surface area contributed by atoms with Crippen LogP contribution in [0.4, 0.5) is 0 Å². The molecule has 1 aromatic heterocycles. The Morgan fingerprint density at radius 3 is 2.78 bits per heavy atom. The van der Waals surface area contributed by atoms with Gasteiger partial charge in [0, 0.05) is 16.9 Å². The van der Waals surface area contributed by atoms with Gasteiger partial charge in [0.15, 0.2) is 0 Å². The molecule has 1 heterocycles. The van der Waals surface area contributed by atoms with Crippen LogP contribution in [0, 0.1) is 0 Å². The van der Waals surface area contributed by atoms with Gasteiger partial charge in [0.05, 0.1) is 0 Å². The standard InChI is InChI=1S/C5H4BBrNO/c7-5-1-4(6-9)2-8-3-5/h1-3,9H. The molecule has 2 nitrogen and oxygen atoms in total. The fourth-order valence-electron chi connectivity index (χ4n) is 0.499. The van der Waals surface area contributed by atoms with Crippen molar-refractivity contribution in [3.8, 4) is 0 Å². The Bertz CT molecular complexity index is 206. The van der Waals surface area contributed by atoms with E-state index < -0.39 is 0 Å². The van der Waals surface area contributed by atoms with Crippen LogP contribution in [-0.2, 0) is 0 Å². The molecule has 4 heteroatoms. The minimum Gasteiger partial charge on any atom is -0.450 e. The lowest BCUT2D eigenvalue weighted by molar-refractivity contribution is 0.615. The average Bonchev–Trinajstić information content (AvgIpc) is 1.88. The molecule has 0 saturated heterocycles. The van der Waals surface area contributed by atoms with E-state index in [1.807, 2.05) is 0 Å². The zero-order chi connectivity index (χ0) is 6.69. The van der Waals surface area contributed by atoms with Crippen molar-refractivity contribution in [2.24, 2.45) is 0 Å². The Balaban J connectivity index is 2.94. The molecule has 1 radical (unpaired) electrons. The normalized spacial score (nSPS) is 9.11. The molecule has 0 aliphatic rings. The third-order valence-electron chi connectivity index (χ3n) is 0.875. The lowest BCUT2D eigenvalue weighted by Crippen LogP contribution is -2.13. The summed E-state index contributed by atoms with van der Waals surface area (Å²) in [4.78, 5) is 3.82. The van der Waals surface area contributed by atoms with Gasteiger partial charge in [-0.2, -0.15) is 0 Å². The second-order valence-electron chi connectivity index (χ2n) is 1.57. The summed E-state index contributed by atoms with van der Waals surface area (Å²) in [5.74, 6) is 0. The van der Waals surface area contributed by atoms with Crippen molar-refractivity contribution in [1.82, 2.24) is 4.98 Å².